The van der Waals surface area contributed by atoms with Crippen LogP contribution < -0.4 is 5.32 Å². The summed E-state index contributed by atoms with van der Waals surface area (Å²) in [6.45, 7) is 11.0. The third-order valence-corrected chi connectivity index (χ3v) is 5.23. The highest BCUT2D eigenvalue weighted by molar-refractivity contribution is 7.09. The largest absolute Gasteiger partial charge is 0.378 e. The summed E-state index contributed by atoms with van der Waals surface area (Å²) in [6.07, 6.45) is 5.97. The van der Waals surface area contributed by atoms with Gasteiger partial charge in [0.05, 0.1) is 11.1 Å². The average molecular weight is 353 g/mol. The van der Waals surface area contributed by atoms with E-state index in [0.29, 0.717) is 6.10 Å². The molecule has 1 N–H and O–H groups in total. The van der Waals surface area contributed by atoms with Crippen LogP contribution in [0.3, 0.4) is 0 Å². The second kappa shape index (κ2) is 10.7. The minimum atomic E-state index is 0.427. The smallest absolute Gasteiger partial charge is 0.193 e. The van der Waals surface area contributed by atoms with E-state index in [1.54, 1.807) is 11.3 Å². The van der Waals surface area contributed by atoms with E-state index in [4.69, 9.17) is 9.73 Å². The summed E-state index contributed by atoms with van der Waals surface area (Å²) < 4.78 is 5.74. The summed E-state index contributed by atoms with van der Waals surface area (Å²) in [5.41, 5.74) is 1.14. The zero-order valence-corrected chi connectivity index (χ0v) is 16.2. The van der Waals surface area contributed by atoms with Crippen LogP contribution in [0.1, 0.15) is 50.2 Å². The summed E-state index contributed by atoms with van der Waals surface area (Å²) >= 11 is 1.77. The number of nitrogens with zero attached hydrogens (tertiary/aromatic N) is 3. The molecule has 136 valence electrons. The fourth-order valence-electron chi connectivity index (χ4n) is 2.99. The van der Waals surface area contributed by atoms with Gasteiger partial charge in [0.2, 0.25) is 0 Å². The Kier molecular flexibility index (Phi) is 8.53. The van der Waals surface area contributed by atoms with E-state index in [2.05, 4.69) is 41.4 Å². The fraction of sp³-hybridized carbons (Fsp3) is 0.778. The molecule has 0 radical (unpaired) electrons. The van der Waals surface area contributed by atoms with Crippen molar-refractivity contribution in [3.8, 4) is 0 Å². The van der Waals surface area contributed by atoms with Crippen LogP contribution >= 0.6 is 11.3 Å². The minimum absolute atomic E-state index is 0.427. The summed E-state index contributed by atoms with van der Waals surface area (Å²) in [4.78, 5) is 11.7. The quantitative estimate of drug-likeness (QED) is 0.443. The highest BCUT2D eigenvalue weighted by Crippen LogP contribution is 2.14. The zero-order chi connectivity index (χ0) is 17.2. The lowest BCUT2D eigenvalue weighted by Crippen LogP contribution is -2.47. The van der Waals surface area contributed by atoms with E-state index in [1.165, 1.54) is 5.01 Å². The van der Waals surface area contributed by atoms with Crippen molar-refractivity contribution >= 4 is 17.3 Å². The molecule has 2 rings (SSSR count). The molecule has 5 nitrogen and oxygen atoms in total. The van der Waals surface area contributed by atoms with Gasteiger partial charge in [-0.1, -0.05) is 0 Å². The number of hydrogen-bond acceptors (Lipinski definition) is 4. The first-order valence-corrected chi connectivity index (χ1v) is 10.2. The van der Waals surface area contributed by atoms with Gasteiger partial charge in [0.15, 0.2) is 5.96 Å². The van der Waals surface area contributed by atoms with E-state index in [1.807, 2.05) is 0 Å². The molecule has 0 amide bonds. The van der Waals surface area contributed by atoms with E-state index < -0.39 is 0 Å². The lowest BCUT2D eigenvalue weighted by molar-refractivity contribution is 0.0264. The zero-order valence-electron chi connectivity index (χ0n) is 15.4. The van der Waals surface area contributed by atoms with Gasteiger partial charge in [0.25, 0.3) is 0 Å². The lowest BCUT2D eigenvalue weighted by atomic mass is 10.1. The van der Waals surface area contributed by atoms with Crippen molar-refractivity contribution in [2.45, 2.75) is 59.0 Å². The van der Waals surface area contributed by atoms with Crippen LogP contribution in [-0.4, -0.2) is 54.7 Å². The van der Waals surface area contributed by atoms with Crippen molar-refractivity contribution in [3.05, 3.63) is 16.1 Å². The Labute approximate surface area is 150 Å². The molecule has 1 aromatic heterocycles. The van der Waals surface area contributed by atoms with Crippen LogP contribution in [0, 0.1) is 6.92 Å². The number of hydrogen-bond donors (Lipinski definition) is 1. The van der Waals surface area contributed by atoms with Crippen LogP contribution in [0.2, 0.25) is 0 Å². The first-order chi connectivity index (χ1) is 11.7. The average Bonchev–Trinajstić information content (AvgIpc) is 3.00. The van der Waals surface area contributed by atoms with Crippen LogP contribution in [0.25, 0.3) is 0 Å². The fourth-order valence-corrected chi connectivity index (χ4v) is 3.80. The van der Waals surface area contributed by atoms with E-state index in [-0.39, 0.29) is 0 Å². The van der Waals surface area contributed by atoms with Crippen molar-refractivity contribution in [1.29, 1.82) is 0 Å². The topological polar surface area (TPSA) is 49.8 Å². The van der Waals surface area contributed by atoms with Gasteiger partial charge in [0, 0.05) is 43.9 Å². The van der Waals surface area contributed by atoms with Crippen molar-refractivity contribution in [1.82, 2.24) is 15.2 Å². The number of rotatable bonds is 8. The van der Waals surface area contributed by atoms with Gasteiger partial charge < -0.3 is 15.0 Å². The molecular formula is C18H32N4OS. The molecular weight excluding hydrogens is 320 g/mol. The molecule has 0 spiro atoms. The number of aliphatic imine (C=N–C) groups is 1. The Balaban J connectivity index is 1.72. The van der Waals surface area contributed by atoms with Crippen LogP contribution in [0.4, 0.5) is 0 Å². The van der Waals surface area contributed by atoms with Gasteiger partial charge in [-0.2, -0.15) is 0 Å². The molecule has 0 aromatic carbocycles. The summed E-state index contributed by atoms with van der Waals surface area (Å²) in [6, 6.07) is 0. The van der Waals surface area contributed by atoms with Crippen LogP contribution in [0.5, 0.6) is 0 Å². The standard InChI is InChI=1S/C18H32N4OS/c1-4-19-18(22-12-9-16(10-13-22)23-5-2)20-11-7-6-8-17-21-15(3)14-24-17/h14,16H,4-13H2,1-3H3,(H,19,20). The van der Waals surface area contributed by atoms with E-state index in [9.17, 15) is 0 Å². The summed E-state index contributed by atoms with van der Waals surface area (Å²) in [5, 5.41) is 6.81. The highest BCUT2D eigenvalue weighted by Gasteiger charge is 2.21. The Bertz CT molecular complexity index is 495. The molecule has 1 aliphatic rings. The maximum absolute atomic E-state index is 5.74. The van der Waals surface area contributed by atoms with Gasteiger partial charge in [-0.25, -0.2) is 4.98 Å². The molecule has 0 bridgehead atoms. The SMILES string of the molecule is CCNC(=NCCCCc1nc(C)cs1)N1CCC(OCC)CC1. The Morgan fingerprint density at radius 3 is 2.79 bits per heavy atom. The monoisotopic (exact) mass is 352 g/mol. The number of aromatic nitrogens is 1. The van der Waals surface area contributed by atoms with Crippen LogP contribution in [0.15, 0.2) is 10.4 Å². The number of aryl methyl sites for hydroxylation is 2. The second-order valence-electron chi connectivity index (χ2n) is 6.22. The first kappa shape index (κ1) is 19.2. The Morgan fingerprint density at radius 2 is 2.17 bits per heavy atom. The maximum Gasteiger partial charge on any atom is 0.193 e. The molecule has 1 aromatic rings. The molecule has 0 unspecified atom stereocenters. The molecule has 24 heavy (non-hydrogen) atoms. The van der Waals surface area contributed by atoms with Gasteiger partial charge in [0.1, 0.15) is 0 Å². The number of guanidine groups is 1. The first-order valence-electron chi connectivity index (χ1n) is 9.28. The second-order valence-corrected chi connectivity index (χ2v) is 7.16. The molecule has 1 saturated heterocycles. The Hall–Kier alpha value is -1.14. The number of piperidine rings is 1. The van der Waals surface area contributed by atoms with Crippen LogP contribution in [-0.2, 0) is 11.2 Å². The third-order valence-electron chi connectivity index (χ3n) is 4.21. The Morgan fingerprint density at radius 1 is 1.38 bits per heavy atom. The molecule has 6 heteroatoms. The predicted octanol–water partition coefficient (Wildman–Crippen LogP) is 3.24. The number of nitrogens with one attached hydrogen (secondary N) is 1. The summed E-state index contributed by atoms with van der Waals surface area (Å²) in [7, 11) is 0. The molecule has 0 atom stereocenters. The third kappa shape index (κ3) is 6.40. The highest BCUT2D eigenvalue weighted by atomic mass is 32.1. The van der Waals surface area contributed by atoms with Crippen molar-refractivity contribution in [3.63, 3.8) is 0 Å². The van der Waals surface area contributed by atoms with Crippen molar-refractivity contribution in [2.75, 3.05) is 32.8 Å². The van der Waals surface area contributed by atoms with Gasteiger partial charge in [-0.05, 0) is 52.9 Å². The number of likely N-dealkylation sites (tertiary alicyclic amines) is 1. The van der Waals surface area contributed by atoms with E-state index >= 15 is 0 Å². The van der Waals surface area contributed by atoms with Gasteiger partial charge in [-0.15, -0.1) is 11.3 Å². The van der Waals surface area contributed by atoms with E-state index in [0.717, 1.165) is 76.5 Å². The summed E-state index contributed by atoms with van der Waals surface area (Å²) in [5.74, 6) is 1.07. The predicted molar refractivity (Wildman–Crippen MR) is 102 cm³/mol. The normalized spacial score (nSPS) is 16.6. The van der Waals surface area contributed by atoms with Gasteiger partial charge in [-0.3, -0.25) is 4.99 Å². The molecule has 0 aliphatic carbocycles. The minimum Gasteiger partial charge on any atom is -0.378 e. The molecule has 1 fully saturated rings. The molecule has 0 saturated carbocycles. The maximum atomic E-state index is 5.74. The molecule has 1 aliphatic heterocycles. The number of thiazole rings is 1. The van der Waals surface area contributed by atoms with Crippen molar-refractivity contribution < 1.29 is 4.74 Å². The lowest BCUT2D eigenvalue weighted by Gasteiger charge is -2.34. The number of unbranched alkanes of at least 4 members (excludes halogenated alkanes) is 1. The van der Waals surface area contributed by atoms with Crippen molar-refractivity contribution in [2.24, 2.45) is 4.99 Å². The number of ether oxygens (including phenoxy) is 1. The van der Waals surface area contributed by atoms with Gasteiger partial charge >= 0.3 is 0 Å². The molecule has 2 heterocycles.